The summed E-state index contributed by atoms with van der Waals surface area (Å²) in [5.74, 6) is 0.823. The first-order chi connectivity index (χ1) is 10.9. The molecule has 0 atom stereocenters. The molecule has 0 amide bonds. The Hall–Kier alpha value is -1.56. The van der Waals surface area contributed by atoms with Crippen LogP contribution < -0.4 is 0 Å². The van der Waals surface area contributed by atoms with E-state index >= 15 is 0 Å². The molecule has 122 valence electrons. The molecule has 0 N–H and O–H groups in total. The lowest BCUT2D eigenvalue weighted by Gasteiger charge is -2.26. The maximum Gasteiger partial charge on any atom is -0.0162 e. The van der Waals surface area contributed by atoms with Crippen LogP contribution in [-0.2, 0) is 0 Å². The second kappa shape index (κ2) is 13.1. The Morgan fingerprint density at radius 2 is 1.18 bits per heavy atom. The van der Waals surface area contributed by atoms with Crippen LogP contribution in [-0.4, -0.2) is 0 Å². The molecule has 0 aromatic heterocycles. The molecular formula is C22H34. The molecule has 0 heterocycles. The van der Waals surface area contributed by atoms with Gasteiger partial charge in [0.05, 0.1) is 0 Å². The zero-order valence-electron chi connectivity index (χ0n) is 15.4. The molecular weight excluding hydrogens is 264 g/mol. The van der Waals surface area contributed by atoms with Gasteiger partial charge in [0.15, 0.2) is 0 Å². The zero-order chi connectivity index (χ0) is 16.8. The molecule has 1 saturated carbocycles. The van der Waals surface area contributed by atoms with Gasteiger partial charge in [0.25, 0.3) is 0 Å². The third-order valence-corrected chi connectivity index (χ3v) is 3.57. The molecule has 1 aliphatic carbocycles. The van der Waals surface area contributed by atoms with Crippen molar-refractivity contribution in [2.24, 2.45) is 0 Å². The summed E-state index contributed by atoms with van der Waals surface area (Å²) in [6.07, 6.45) is 4.15. The first-order valence-corrected chi connectivity index (χ1v) is 9.09. The lowest BCUT2D eigenvalue weighted by atomic mass is 9.79. The minimum absolute atomic E-state index is 0.823. The molecule has 3 rings (SSSR count). The van der Waals surface area contributed by atoms with Crippen LogP contribution in [0, 0.1) is 0 Å². The second-order valence-corrected chi connectivity index (χ2v) is 4.62. The number of benzene rings is 2. The maximum absolute atomic E-state index is 2.36. The molecule has 0 unspecified atom stereocenters. The highest BCUT2D eigenvalue weighted by molar-refractivity contribution is 5.64. The first kappa shape index (κ1) is 20.4. The van der Waals surface area contributed by atoms with Crippen LogP contribution in [0.15, 0.2) is 54.6 Å². The molecule has 2 aromatic rings. The topological polar surface area (TPSA) is 0 Å². The van der Waals surface area contributed by atoms with Gasteiger partial charge in [-0.05, 0) is 35.4 Å². The fraction of sp³-hybridized carbons (Fsp3) is 0.455. The third kappa shape index (κ3) is 6.05. The van der Waals surface area contributed by atoms with Crippen molar-refractivity contribution in [2.75, 3.05) is 0 Å². The fourth-order valence-corrected chi connectivity index (χ4v) is 2.34. The standard InChI is InChI=1S/C16H16.3C2H6/c1-2-6-13(7-3-1)15-10-5-11-16(12-15)14-8-4-9-14;3*1-2/h1-3,5-7,10-12,14H,4,8-9H2;3*1-2H3. The Bertz CT molecular complexity index is 466. The lowest BCUT2D eigenvalue weighted by Crippen LogP contribution is -2.08. The molecule has 1 aliphatic rings. The summed E-state index contributed by atoms with van der Waals surface area (Å²) in [5, 5.41) is 0. The highest BCUT2D eigenvalue weighted by Gasteiger charge is 2.19. The van der Waals surface area contributed by atoms with E-state index in [0.29, 0.717) is 0 Å². The summed E-state index contributed by atoms with van der Waals surface area (Å²) in [6.45, 7) is 12.0. The molecule has 0 saturated heterocycles. The van der Waals surface area contributed by atoms with Crippen LogP contribution in [0.5, 0.6) is 0 Å². The van der Waals surface area contributed by atoms with Crippen LogP contribution >= 0.6 is 0 Å². The van der Waals surface area contributed by atoms with E-state index in [0.717, 1.165) is 5.92 Å². The van der Waals surface area contributed by atoms with Gasteiger partial charge in [0.2, 0.25) is 0 Å². The summed E-state index contributed by atoms with van der Waals surface area (Å²) >= 11 is 0. The van der Waals surface area contributed by atoms with E-state index in [2.05, 4.69) is 54.6 Å². The SMILES string of the molecule is CC.CC.CC.c1ccc(-c2cccc(C3CCC3)c2)cc1. The van der Waals surface area contributed by atoms with E-state index < -0.39 is 0 Å². The summed E-state index contributed by atoms with van der Waals surface area (Å²) in [5.41, 5.74) is 4.20. The minimum atomic E-state index is 0.823. The Labute approximate surface area is 138 Å². The summed E-state index contributed by atoms with van der Waals surface area (Å²) < 4.78 is 0. The van der Waals surface area contributed by atoms with Crippen molar-refractivity contribution in [1.29, 1.82) is 0 Å². The van der Waals surface area contributed by atoms with E-state index in [-0.39, 0.29) is 0 Å². The van der Waals surface area contributed by atoms with Crippen molar-refractivity contribution < 1.29 is 0 Å². The number of hydrogen-bond acceptors (Lipinski definition) is 0. The molecule has 22 heavy (non-hydrogen) atoms. The molecule has 0 spiro atoms. The predicted molar refractivity (Wildman–Crippen MR) is 103 cm³/mol. The predicted octanol–water partition coefficient (Wildman–Crippen LogP) is 7.70. The lowest BCUT2D eigenvalue weighted by molar-refractivity contribution is 0.420. The molecule has 0 heteroatoms. The molecule has 0 nitrogen and oxygen atoms in total. The van der Waals surface area contributed by atoms with Crippen molar-refractivity contribution in [2.45, 2.75) is 66.7 Å². The van der Waals surface area contributed by atoms with Crippen molar-refractivity contribution in [1.82, 2.24) is 0 Å². The van der Waals surface area contributed by atoms with Crippen molar-refractivity contribution >= 4 is 0 Å². The van der Waals surface area contributed by atoms with Gasteiger partial charge in [0, 0.05) is 0 Å². The Morgan fingerprint density at radius 3 is 1.68 bits per heavy atom. The van der Waals surface area contributed by atoms with Crippen LogP contribution in [0.2, 0.25) is 0 Å². The quantitative estimate of drug-likeness (QED) is 0.533. The van der Waals surface area contributed by atoms with Gasteiger partial charge in [-0.15, -0.1) is 0 Å². The Kier molecular flexibility index (Phi) is 12.2. The van der Waals surface area contributed by atoms with Crippen LogP contribution in [0.1, 0.15) is 72.3 Å². The smallest absolute Gasteiger partial charge is 0.0162 e. The van der Waals surface area contributed by atoms with Crippen molar-refractivity contribution in [3.8, 4) is 11.1 Å². The summed E-state index contributed by atoms with van der Waals surface area (Å²) in [4.78, 5) is 0. The van der Waals surface area contributed by atoms with E-state index in [1.165, 1.54) is 36.0 Å². The van der Waals surface area contributed by atoms with Gasteiger partial charge in [-0.3, -0.25) is 0 Å². The molecule has 2 aromatic carbocycles. The van der Waals surface area contributed by atoms with Crippen LogP contribution in [0.4, 0.5) is 0 Å². The van der Waals surface area contributed by atoms with Crippen LogP contribution in [0.3, 0.4) is 0 Å². The van der Waals surface area contributed by atoms with E-state index in [1.807, 2.05) is 41.5 Å². The van der Waals surface area contributed by atoms with Gasteiger partial charge in [0.1, 0.15) is 0 Å². The normalized spacial score (nSPS) is 12.3. The van der Waals surface area contributed by atoms with Crippen molar-refractivity contribution in [3.63, 3.8) is 0 Å². The summed E-state index contributed by atoms with van der Waals surface area (Å²) in [7, 11) is 0. The monoisotopic (exact) mass is 298 g/mol. The minimum Gasteiger partial charge on any atom is -0.0683 e. The second-order valence-electron chi connectivity index (χ2n) is 4.62. The maximum atomic E-state index is 2.36. The first-order valence-electron chi connectivity index (χ1n) is 9.09. The highest BCUT2D eigenvalue weighted by atomic mass is 14.2. The summed E-state index contributed by atoms with van der Waals surface area (Å²) in [6, 6.07) is 19.7. The average molecular weight is 299 g/mol. The van der Waals surface area contributed by atoms with E-state index in [9.17, 15) is 0 Å². The fourth-order valence-electron chi connectivity index (χ4n) is 2.34. The third-order valence-electron chi connectivity index (χ3n) is 3.57. The Morgan fingerprint density at radius 1 is 0.636 bits per heavy atom. The number of hydrogen-bond donors (Lipinski definition) is 0. The van der Waals surface area contributed by atoms with E-state index in [4.69, 9.17) is 0 Å². The van der Waals surface area contributed by atoms with Gasteiger partial charge in [-0.25, -0.2) is 0 Å². The van der Waals surface area contributed by atoms with Crippen LogP contribution in [0.25, 0.3) is 11.1 Å². The molecule has 1 fully saturated rings. The van der Waals surface area contributed by atoms with Gasteiger partial charge in [-0.2, -0.15) is 0 Å². The molecule has 0 bridgehead atoms. The van der Waals surface area contributed by atoms with Crippen molar-refractivity contribution in [3.05, 3.63) is 60.2 Å². The molecule has 0 aliphatic heterocycles. The average Bonchev–Trinajstić information content (AvgIpc) is 2.60. The van der Waals surface area contributed by atoms with Gasteiger partial charge < -0.3 is 0 Å². The zero-order valence-corrected chi connectivity index (χ0v) is 15.4. The highest BCUT2D eigenvalue weighted by Crippen LogP contribution is 2.37. The molecule has 0 radical (unpaired) electrons. The van der Waals surface area contributed by atoms with Gasteiger partial charge >= 0.3 is 0 Å². The van der Waals surface area contributed by atoms with Gasteiger partial charge in [-0.1, -0.05) is 103 Å². The Balaban J connectivity index is 0.000000661. The van der Waals surface area contributed by atoms with E-state index in [1.54, 1.807) is 0 Å². The number of rotatable bonds is 2. The largest absolute Gasteiger partial charge is 0.0683 e.